The SMILES string of the molecule is [2H]C([2H])([2H])N(C(=O)C1C2OC(C)(C)OC2C(=O)N1c1cc(C(F)(F)F)c2c(n1)CCC2=O)c1cc(Cl)c(F)cc1F. The van der Waals surface area contributed by atoms with Gasteiger partial charge in [0, 0.05) is 23.6 Å². The van der Waals surface area contributed by atoms with Crippen LogP contribution in [-0.4, -0.2) is 53.6 Å². The number of alkyl halides is 3. The summed E-state index contributed by atoms with van der Waals surface area (Å²) in [7, 11) is 0. The van der Waals surface area contributed by atoms with Gasteiger partial charge in [0.25, 0.3) is 11.8 Å². The van der Waals surface area contributed by atoms with Crippen LogP contribution in [0.15, 0.2) is 18.2 Å². The van der Waals surface area contributed by atoms with E-state index in [0.717, 1.165) is 0 Å². The van der Waals surface area contributed by atoms with Crippen molar-refractivity contribution in [2.24, 2.45) is 0 Å². The fraction of sp³-hybridized carbons (Fsp3) is 0.417. The molecule has 1 aromatic heterocycles. The number of ether oxygens (including phenoxy) is 2. The molecule has 0 radical (unpaired) electrons. The van der Waals surface area contributed by atoms with Crippen molar-refractivity contribution in [1.29, 1.82) is 0 Å². The van der Waals surface area contributed by atoms with Gasteiger partial charge in [0.2, 0.25) is 0 Å². The maximum Gasteiger partial charge on any atom is 0.417 e. The van der Waals surface area contributed by atoms with Gasteiger partial charge < -0.3 is 14.4 Å². The van der Waals surface area contributed by atoms with Gasteiger partial charge in [-0.1, -0.05) is 11.6 Å². The van der Waals surface area contributed by atoms with E-state index in [1.807, 2.05) is 0 Å². The van der Waals surface area contributed by atoms with Crippen LogP contribution in [0.25, 0.3) is 0 Å². The number of aryl methyl sites for hydroxylation is 1. The molecule has 2 aliphatic heterocycles. The second-order valence-electron chi connectivity index (χ2n) is 9.34. The van der Waals surface area contributed by atoms with Crippen LogP contribution < -0.4 is 9.80 Å². The van der Waals surface area contributed by atoms with E-state index >= 15 is 0 Å². The number of carbonyl (C=O) groups excluding carboxylic acids is 3. The zero-order valence-corrected chi connectivity index (χ0v) is 20.3. The fourth-order valence-corrected chi connectivity index (χ4v) is 5.01. The van der Waals surface area contributed by atoms with Crippen molar-refractivity contribution in [3.8, 4) is 0 Å². The lowest BCUT2D eigenvalue weighted by Gasteiger charge is -2.32. The Morgan fingerprint density at radius 1 is 1.18 bits per heavy atom. The third kappa shape index (κ3) is 4.12. The number of benzene rings is 1. The van der Waals surface area contributed by atoms with Gasteiger partial charge in [-0.05, 0) is 32.4 Å². The number of halogens is 6. The summed E-state index contributed by atoms with van der Waals surface area (Å²) in [6.45, 7) is -0.700. The number of hydrogen-bond donors (Lipinski definition) is 0. The number of Topliss-reactive ketones (excluding diaryl/α,β-unsaturated/α-hetero) is 1. The number of amides is 2. The quantitative estimate of drug-likeness (QED) is 0.414. The van der Waals surface area contributed by atoms with Gasteiger partial charge in [0.05, 0.1) is 27.5 Å². The molecule has 5 rings (SSSR count). The molecule has 14 heteroatoms. The number of aromatic nitrogens is 1. The molecule has 3 atom stereocenters. The van der Waals surface area contributed by atoms with Crippen LogP contribution in [-0.2, 0) is 31.7 Å². The summed E-state index contributed by atoms with van der Waals surface area (Å²) < 4.78 is 106. The Morgan fingerprint density at radius 3 is 2.55 bits per heavy atom. The third-order valence-corrected chi connectivity index (χ3v) is 6.69. The number of anilines is 2. The molecule has 0 bridgehead atoms. The number of likely N-dealkylation sites (N-methyl/N-ethyl adjacent to an activating group) is 1. The minimum absolute atomic E-state index is 0.0583. The smallest absolute Gasteiger partial charge is 0.341 e. The Morgan fingerprint density at radius 2 is 1.89 bits per heavy atom. The maximum atomic E-state index is 14.9. The van der Waals surface area contributed by atoms with Crippen LogP contribution in [0.5, 0.6) is 0 Å². The van der Waals surface area contributed by atoms with Gasteiger partial charge in [-0.15, -0.1) is 0 Å². The lowest BCUT2D eigenvalue weighted by Crippen LogP contribution is -2.51. The van der Waals surface area contributed by atoms with Gasteiger partial charge in [0.15, 0.2) is 17.7 Å². The van der Waals surface area contributed by atoms with Gasteiger partial charge in [-0.25, -0.2) is 13.8 Å². The molecular weight excluding hydrogens is 541 g/mol. The summed E-state index contributed by atoms with van der Waals surface area (Å²) in [5, 5.41) is -0.734. The van der Waals surface area contributed by atoms with E-state index < -0.39 is 94.1 Å². The van der Waals surface area contributed by atoms with Gasteiger partial charge >= 0.3 is 6.18 Å². The van der Waals surface area contributed by atoms with Crippen LogP contribution in [0.2, 0.25) is 5.02 Å². The van der Waals surface area contributed by atoms with Crippen molar-refractivity contribution in [3.63, 3.8) is 0 Å². The highest BCUT2D eigenvalue weighted by molar-refractivity contribution is 6.31. The zero-order valence-electron chi connectivity index (χ0n) is 22.5. The van der Waals surface area contributed by atoms with E-state index in [4.69, 9.17) is 25.2 Å². The number of fused-ring (bicyclic) bond motifs is 2. The minimum atomic E-state index is -5.06. The van der Waals surface area contributed by atoms with Crippen LogP contribution >= 0.6 is 11.6 Å². The predicted octanol–water partition coefficient (Wildman–Crippen LogP) is 4.06. The normalized spacial score (nSPS) is 25.6. The molecular formula is C24H19ClF5N3O5. The highest BCUT2D eigenvalue weighted by atomic mass is 35.5. The van der Waals surface area contributed by atoms with E-state index in [-0.39, 0.29) is 29.5 Å². The molecule has 1 aliphatic carbocycles. The highest BCUT2D eigenvalue weighted by Crippen LogP contribution is 2.43. The number of ketones is 1. The molecule has 2 aromatic rings. The Balaban J connectivity index is 1.70. The van der Waals surface area contributed by atoms with Crippen LogP contribution in [0, 0.1) is 11.6 Å². The van der Waals surface area contributed by atoms with Crippen molar-refractivity contribution in [1.82, 2.24) is 4.98 Å². The largest absolute Gasteiger partial charge is 0.417 e. The topological polar surface area (TPSA) is 89.0 Å². The van der Waals surface area contributed by atoms with Crippen molar-refractivity contribution in [3.05, 3.63) is 51.7 Å². The molecule has 1 aromatic carbocycles. The number of hydrogen-bond acceptors (Lipinski definition) is 6. The first-order valence-corrected chi connectivity index (χ1v) is 11.5. The molecule has 3 heterocycles. The molecule has 2 fully saturated rings. The number of pyridine rings is 1. The standard InChI is InChI=1S/C24H19ClF5N3O5/c1-23(2)37-19-18(21(35)32(3)14-7-10(25)11(26)8-12(14)27)33(22(36)20(19)38-23)16-6-9(24(28,29)30)17-13(31-16)4-5-15(17)34/h6-8,18-20H,4-5H2,1-3H3/i3D3. The monoisotopic (exact) mass is 562 g/mol. The molecule has 3 unspecified atom stereocenters. The second-order valence-corrected chi connectivity index (χ2v) is 9.74. The van der Waals surface area contributed by atoms with E-state index in [1.54, 1.807) is 0 Å². The first kappa shape index (κ1) is 22.8. The van der Waals surface area contributed by atoms with Crippen molar-refractivity contribution in [2.45, 2.75) is 56.9 Å². The van der Waals surface area contributed by atoms with Crippen molar-refractivity contribution >= 4 is 40.7 Å². The Hall–Kier alpha value is -3.16. The Labute approximate surface area is 221 Å². The molecule has 2 saturated heterocycles. The third-order valence-electron chi connectivity index (χ3n) is 6.40. The average molecular weight is 563 g/mol. The van der Waals surface area contributed by atoms with Crippen LogP contribution in [0.4, 0.5) is 33.5 Å². The number of nitrogens with zero attached hydrogens (tertiary/aromatic N) is 3. The highest BCUT2D eigenvalue weighted by Gasteiger charge is 2.61. The zero-order chi connectivity index (χ0) is 30.4. The van der Waals surface area contributed by atoms with Gasteiger partial charge in [0.1, 0.15) is 29.6 Å². The molecule has 3 aliphatic rings. The van der Waals surface area contributed by atoms with Crippen molar-refractivity contribution in [2.75, 3.05) is 16.8 Å². The van der Waals surface area contributed by atoms with E-state index in [9.17, 15) is 36.3 Å². The number of carbonyl (C=O) groups is 3. The first-order chi connectivity index (χ1) is 18.8. The summed E-state index contributed by atoms with van der Waals surface area (Å²) in [5.74, 6) is -8.39. The molecule has 0 N–H and O–H groups in total. The summed E-state index contributed by atoms with van der Waals surface area (Å²) in [6.07, 6.45) is -8.69. The van der Waals surface area contributed by atoms with E-state index in [1.165, 1.54) is 13.8 Å². The molecule has 2 amide bonds. The Bertz CT molecular complexity index is 1500. The number of rotatable bonds is 3. The lowest BCUT2D eigenvalue weighted by molar-refractivity contribution is -0.161. The predicted molar refractivity (Wildman–Crippen MR) is 122 cm³/mol. The summed E-state index contributed by atoms with van der Waals surface area (Å²) in [4.78, 5) is 44.3. The Kier molecular flexibility index (Phi) is 5.21. The van der Waals surface area contributed by atoms with Gasteiger partial charge in [-0.3, -0.25) is 19.3 Å². The second kappa shape index (κ2) is 8.68. The first-order valence-electron chi connectivity index (χ1n) is 12.6. The summed E-state index contributed by atoms with van der Waals surface area (Å²) in [6, 6.07) is -0.841. The fourth-order valence-electron chi connectivity index (χ4n) is 4.85. The summed E-state index contributed by atoms with van der Waals surface area (Å²) >= 11 is 5.73. The molecule has 38 heavy (non-hydrogen) atoms. The van der Waals surface area contributed by atoms with Gasteiger partial charge in [-0.2, -0.15) is 13.2 Å². The average Bonchev–Trinajstić information content (AvgIpc) is 3.44. The maximum absolute atomic E-state index is 14.9. The van der Waals surface area contributed by atoms with E-state index in [2.05, 4.69) is 4.98 Å². The minimum Gasteiger partial charge on any atom is -0.341 e. The van der Waals surface area contributed by atoms with Crippen molar-refractivity contribution < 1.29 is 49.9 Å². The summed E-state index contributed by atoms with van der Waals surface area (Å²) in [5.41, 5.74) is -3.33. The molecule has 0 spiro atoms. The molecule has 0 saturated carbocycles. The lowest BCUT2D eigenvalue weighted by atomic mass is 10.1. The molecule has 202 valence electrons. The van der Waals surface area contributed by atoms with Crippen LogP contribution in [0.3, 0.4) is 0 Å². The van der Waals surface area contributed by atoms with Crippen LogP contribution in [0.1, 0.15) is 46.0 Å². The molecule has 8 nitrogen and oxygen atoms in total. The van der Waals surface area contributed by atoms with E-state index in [0.29, 0.717) is 17.0 Å².